The Labute approximate surface area is 174 Å². The van der Waals surface area contributed by atoms with Gasteiger partial charge < -0.3 is 5.32 Å². The molecular weight excluding hydrogens is 378 g/mol. The number of benzene rings is 2. The second-order valence-electron chi connectivity index (χ2n) is 6.66. The Hall–Kier alpha value is -3.31. The zero-order valence-corrected chi connectivity index (χ0v) is 16.7. The summed E-state index contributed by atoms with van der Waals surface area (Å²) < 4.78 is 0. The van der Waals surface area contributed by atoms with E-state index in [4.69, 9.17) is 0 Å². The minimum absolute atomic E-state index is 0.00770. The van der Waals surface area contributed by atoms with Crippen LogP contribution in [-0.4, -0.2) is 22.4 Å². The lowest BCUT2D eigenvalue weighted by molar-refractivity contribution is -0.121. The monoisotopic (exact) mass is 399 g/mol. The molecule has 0 unspecified atom stereocenters. The molecule has 0 aliphatic heterocycles. The Bertz CT molecular complexity index is 1010. The van der Waals surface area contributed by atoms with Gasteiger partial charge in [0.2, 0.25) is 5.91 Å². The molecule has 2 aromatic heterocycles. The number of nitrogens with one attached hydrogen (secondary N) is 1. The third kappa shape index (κ3) is 4.76. The molecule has 2 aromatic carbocycles. The summed E-state index contributed by atoms with van der Waals surface area (Å²) in [6.45, 7) is 0.554. The molecule has 0 fully saturated rings. The molecule has 0 aliphatic rings. The average Bonchev–Trinajstić information content (AvgIpc) is 3.25. The van der Waals surface area contributed by atoms with Gasteiger partial charge in [-0.15, -0.1) is 11.3 Å². The summed E-state index contributed by atoms with van der Waals surface area (Å²) in [4.78, 5) is 21.7. The van der Waals surface area contributed by atoms with E-state index in [-0.39, 0.29) is 11.8 Å². The second-order valence-corrected chi connectivity index (χ2v) is 7.60. The number of pyridine rings is 1. The highest BCUT2D eigenvalue weighted by Crippen LogP contribution is 2.25. The molecule has 4 rings (SSSR count). The van der Waals surface area contributed by atoms with Crippen LogP contribution >= 0.6 is 11.3 Å². The largest absolute Gasteiger partial charge is 0.355 e. The molecule has 144 valence electrons. The van der Waals surface area contributed by atoms with E-state index >= 15 is 0 Å². The highest BCUT2D eigenvalue weighted by atomic mass is 32.1. The molecule has 1 amide bonds. The molecule has 0 radical (unpaired) electrons. The van der Waals surface area contributed by atoms with Gasteiger partial charge in [0.05, 0.1) is 16.6 Å². The van der Waals surface area contributed by atoms with E-state index in [0.29, 0.717) is 13.0 Å². The summed E-state index contributed by atoms with van der Waals surface area (Å²) in [5.74, 6) is -0.311. The van der Waals surface area contributed by atoms with Gasteiger partial charge in [-0.05, 0) is 23.3 Å². The maximum atomic E-state index is 13.0. The Morgan fingerprint density at radius 3 is 2.14 bits per heavy atom. The Morgan fingerprint density at radius 1 is 0.897 bits per heavy atom. The highest BCUT2D eigenvalue weighted by molar-refractivity contribution is 7.09. The number of rotatable bonds is 7. The first kappa shape index (κ1) is 19.0. The van der Waals surface area contributed by atoms with Crippen LogP contribution in [0.1, 0.15) is 22.1 Å². The molecule has 0 atom stereocenters. The average molecular weight is 400 g/mol. The van der Waals surface area contributed by atoms with Crippen LogP contribution < -0.4 is 5.32 Å². The summed E-state index contributed by atoms with van der Waals surface area (Å²) in [7, 11) is 0. The van der Waals surface area contributed by atoms with Crippen LogP contribution in [0.3, 0.4) is 0 Å². The maximum absolute atomic E-state index is 13.0. The molecule has 0 saturated carbocycles. The standard InChI is InChI=1S/C24H21N3OS/c28-24(23(19-7-3-1-4-8-19)20-9-5-2-6-10-20)26-16-13-22-27-21(17-29-22)18-11-14-25-15-12-18/h1-12,14-15,17,23H,13,16H2,(H,26,28). The number of hydrogen-bond acceptors (Lipinski definition) is 4. The molecule has 0 bridgehead atoms. The van der Waals surface area contributed by atoms with Crippen molar-refractivity contribution in [2.75, 3.05) is 6.54 Å². The van der Waals surface area contributed by atoms with Crippen LogP contribution in [0.5, 0.6) is 0 Å². The molecule has 4 aromatic rings. The predicted molar refractivity (Wildman–Crippen MR) is 117 cm³/mol. The van der Waals surface area contributed by atoms with Gasteiger partial charge in [0.1, 0.15) is 0 Å². The van der Waals surface area contributed by atoms with E-state index in [9.17, 15) is 4.79 Å². The molecule has 1 N–H and O–H groups in total. The summed E-state index contributed by atoms with van der Waals surface area (Å²) in [5.41, 5.74) is 3.99. The van der Waals surface area contributed by atoms with Crippen molar-refractivity contribution in [3.8, 4) is 11.3 Å². The van der Waals surface area contributed by atoms with Crippen molar-refractivity contribution < 1.29 is 4.79 Å². The Balaban J connectivity index is 1.42. The molecule has 0 saturated heterocycles. The smallest absolute Gasteiger partial charge is 0.232 e. The first-order chi connectivity index (χ1) is 14.3. The van der Waals surface area contributed by atoms with Gasteiger partial charge >= 0.3 is 0 Å². The Kier molecular flexibility index (Phi) is 6.07. The SMILES string of the molecule is O=C(NCCc1nc(-c2ccncc2)cs1)C(c1ccccc1)c1ccccc1. The minimum Gasteiger partial charge on any atom is -0.355 e. The van der Waals surface area contributed by atoms with E-state index in [0.717, 1.165) is 27.4 Å². The summed E-state index contributed by atoms with van der Waals surface area (Å²) in [6, 6.07) is 23.7. The van der Waals surface area contributed by atoms with Gasteiger partial charge in [0.25, 0.3) is 0 Å². The minimum atomic E-state index is -0.318. The molecule has 0 spiro atoms. The van der Waals surface area contributed by atoms with Crippen molar-refractivity contribution in [1.82, 2.24) is 15.3 Å². The molecular formula is C24H21N3OS. The van der Waals surface area contributed by atoms with Crippen LogP contribution in [0, 0.1) is 0 Å². The maximum Gasteiger partial charge on any atom is 0.232 e. The van der Waals surface area contributed by atoms with Gasteiger partial charge in [-0.25, -0.2) is 4.98 Å². The third-order valence-electron chi connectivity index (χ3n) is 4.69. The lowest BCUT2D eigenvalue weighted by Crippen LogP contribution is -2.31. The number of aromatic nitrogens is 2. The quantitative estimate of drug-likeness (QED) is 0.490. The van der Waals surface area contributed by atoms with E-state index in [1.54, 1.807) is 23.7 Å². The molecule has 0 aliphatic carbocycles. The Morgan fingerprint density at radius 2 is 1.52 bits per heavy atom. The van der Waals surface area contributed by atoms with Crippen LogP contribution in [0.15, 0.2) is 90.6 Å². The third-order valence-corrected chi connectivity index (χ3v) is 5.60. The van der Waals surface area contributed by atoms with Crippen molar-refractivity contribution >= 4 is 17.2 Å². The molecule has 5 heteroatoms. The number of nitrogens with zero attached hydrogens (tertiary/aromatic N) is 2. The van der Waals surface area contributed by atoms with Crippen molar-refractivity contribution in [2.24, 2.45) is 0 Å². The van der Waals surface area contributed by atoms with Gasteiger partial charge in [0, 0.05) is 36.3 Å². The highest BCUT2D eigenvalue weighted by Gasteiger charge is 2.22. The summed E-state index contributed by atoms with van der Waals surface area (Å²) >= 11 is 1.61. The fourth-order valence-electron chi connectivity index (χ4n) is 3.26. The number of thiazole rings is 1. The van der Waals surface area contributed by atoms with Crippen molar-refractivity contribution in [3.05, 3.63) is 107 Å². The topological polar surface area (TPSA) is 54.9 Å². The molecule has 2 heterocycles. The van der Waals surface area contributed by atoms with Crippen molar-refractivity contribution in [3.63, 3.8) is 0 Å². The van der Waals surface area contributed by atoms with Crippen LogP contribution in [0.25, 0.3) is 11.3 Å². The lowest BCUT2D eigenvalue weighted by atomic mass is 9.90. The second kappa shape index (κ2) is 9.26. The summed E-state index contributed by atoms with van der Waals surface area (Å²) in [6.07, 6.45) is 4.24. The van der Waals surface area contributed by atoms with E-state index < -0.39 is 0 Å². The fourth-order valence-corrected chi connectivity index (χ4v) is 4.07. The first-order valence-electron chi connectivity index (χ1n) is 9.53. The first-order valence-corrected chi connectivity index (χ1v) is 10.4. The van der Waals surface area contributed by atoms with Gasteiger partial charge in [-0.2, -0.15) is 0 Å². The van der Waals surface area contributed by atoms with E-state index in [1.807, 2.05) is 78.2 Å². The number of hydrogen-bond donors (Lipinski definition) is 1. The van der Waals surface area contributed by atoms with Gasteiger partial charge in [0.15, 0.2) is 0 Å². The van der Waals surface area contributed by atoms with Crippen molar-refractivity contribution in [1.29, 1.82) is 0 Å². The van der Waals surface area contributed by atoms with E-state index in [1.165, 1.54) is 0 Å². The van der Waals surface area contributed by atoms with Gasteiger partial charge in [-0.1, -0.05) is 60.7 Å². The summed E-state index contributed by atoms with van der Waals surface area (Å²) in [5, 5.41) is 6.15. The van der Waals surface area contributed by atoms with Gasteiger partial charge in [-0.3, -0.25) is 9.78 Å². The normalized spacial score (nSPS) is 10.8. The zero-order valence-electron chi connectivity index (χ0n) is 15.9. The van der Waals surface area contributed by atoms with Crippen LogP contribution in [-0.2, 0) is 11.2 Å². The van der Waals surface area contributed by atoms with Crippen LogP contribution in [0.4, 0.5) is 0 Å². The zero-order chi connectivity index (χ0) is 19.9. The number of carbonyl (C=O) groups excluding carboxylic acids is 1. The molecule has 29 heavy (non-hydrogen) atoms. The van der Waals surface area contributed by atoms with E-state index in [2.05, 4.69) is 15.3 Å². The number of amides is 1. The number of carbonyl (C=O) groups is 1. The van der Waals surface area contributed by atoms with Crippen LogP contribution in [0.2, 0.25) is 0 Å². The predicted octanol–water partition coefficient (Wildman–Crippen LogP) is 4.70. The lowest BCUT2D eigenvalue weighted by Gasteiger charge is -2.17. The molecule has 4 nitrogen and oxygen atoms in total. The fraction of sp³-hybridized carbons (Fsp3) is 0.125. The van der Waals surface area contributed by atoms with Crippen molar-refractivity contribution in [2.45, 2.75) is 12.3 Å².